The van der Waals surface area contributed by atoms with E-state index in [9.17, 15) is 0 Å². The lowest BCUT2D eigenvalue weighted by atomic mass is 10.1. The number of nitrogens with zero attached hydrogens (tertiary/aromatic N) is 2. The van der Waals surface area contributed by atoms with Gasteiger partial charge in [-0.05, 0) is 18.6 Å². The maximum Gasteiger partial charge on any atom is 0.0593 e. The lowest BCUT2D eigenvalue weighted by Gasteiger charge is -2.36. The number of aromatic nitrogens is 1. The minimum Gasteiger partial charge on any atom is -0.380 e. The van der Waals surface area contributed by atoms with Crippen molar-refractivity contribution in [1.29, 1.82) is 0 Å². The zero-order valence-corrected chi connectivity index (χ0v) is 11.7. The van der Waals surface area contributed by atoms with E-state index in [2.05, 4.69) is 21.3 Å². The van der Waals surface area contributed by atoms with Crippen LogP contribution in [0.15, 0.2) is 24.5 Å². The summed E-state index contributed by atoms with van der Waals surface area (Å²) in [6.07, 6.45) is 3.79. The average Bonchev–Trinajstić information content (AvgIpc) is 2.41. The van der Waals surface area contributed by atoms with Gasteiger partial charge in [-0.3, -0.25) is 9.88 Å². The van der Waals surface area contributed by atoms with E-state index in [-0.39, 0.29) is 12.4 Å². The Labute approximate surface area is 115 Å². The Morgan fingerprint density at radius 2 is 2.44 bits per heavy atom. The van der Waals surface area contributed by atoms with Gasteiger partial charge in [0.1, 0.15) is 0 Å². The minimum atomic E-state index is 0. The van der Waals surface area contributed by atoms with Crippen LogP contribution in [0.1, 0.15) is 18.5 Å². The molecular weight excluding hydrogens is 250 g/mol. The monoisotopic (exact) mass is 271 g/mol. The zero-order valence-electron chi connectivity index (χ0n) is 10.8. The fraction of sp³-hybridized carbons (Fsp3) is 0.615. The molecular formula is C13H22ClN3O. The van der Waals surface area contributed by atoms with Crippen LogP contribution in [0.25, 0.3) is 0 Å². The molecule has 4 nitrogen and oxygen atoms in total. The Hall–Kier alpha value is -0.680. The van der Waals surface area contributed by atoms with Crippen molar-refractivity contribution in [3.8, 4) is 0 Å². The molecule has 1 aliphatic rings. The summed E-state index contributed by atoms with van der Waals surface area (Å²) < 4.78 is 5.44. The number of hydrogen-bond acceptors (Lipinski definition) is 4. The largest absolute Gasteiger partial charge is 0.380 e. The lowest BCUT2D eigenvalue weighted by molar-refractivity contribution is 0.0828. The molecule has 1 saturated heterocycles. The smallest absolute Gasteiger partial charge is 0.0593 e. The van der Waals surface area contributed by atoms with E-state index in [0.29, 0.717) is 6.04 Å². The summed E-state index contributed by atoms with van der Waals surface area (Å²) >= 11 is 0. The maximum absolute atomic E-state index is 5.44. The molecule has 1 fully saturated rings. The summed E-state index contributed by atoms with van der Waals surface area (Å²) in [4.78, 5) is 6.68. The van der Waals surface area contributed by atoms with Gasteiger partial charge < -0.3 is 10.1 Å². The van der Waals surface area contributed by atoms with Crippen LogP contribution in [0, 0.1) is 0 Å². The Morgan fingerprint density at radius 1 is 1.56 bits per heavy atom. The second-order valence-corrected chi connectivity index (χ2v) is 4.24. The van der Waals surface area contributed by atoms with Crippen LogP contribution >= 0.6 is 12.4 Å². The van der Waals surface area contributed by atoms with E-state index < -0.39 is 0 Å². The van der Waals surface area contributed by atoms with Gasteiger partial charge in [0, 0.05) is 51.2 Å². The van der Waals surface area contributed by atoms with Crippen molar-refractivity contribution in [2.75, 3.05) is 39.4 Å². The normalized spacial score (nSPS) is 20.4. The highest BCUT2D eigenvalue weighted by atomic mass is 35.5. The molecule has 0 aliphatic carbocycles. The Morgan fingerprint density at radius 3 is 3.17 bits per heavy atom. The van der Waals surface area contributed by atoms with Crippen LogP contribution in [0.4, 0.5) is 0 Å². The van der Waals surface area contributed by atoms with E-state index in [0.717, 1.165) is 39.4 Å². The van der Waals surface area contributed by atoms with Crippen molar-refractivity contribution in [3.05, 3.63) is 30.1 Å². The van der Waals surface area contributed by atoms with Gasteiger partial charge in [-0.1, -0.05) is 6.07 Å². The molecule has 5 heteroatoms. The second kappa shape index (κ2) is 8.43. The summed E-state index contributed by atoms with van der Waals surface area (Å²) in [6.45, 7) is 7.77. The molecule has 1 N–H and O–H groups in total. The molecule has 1 aromatic heterocycles. The van der Waals surface area contributed by atoms with Crippen molar-refractivity contribution in [1.82, 2.24) is 15.2 Å². The summed E-state index contributed by atoms with van der Waals surface area (Å²) in [6, 6.07) is 4.58. The molecule has 0 radical (unpaired) electrons. The van der Waals surface area contributed by atoms with Crippen LogP contribution in [0.5, 0.6) is 0 Å². The van der Waals surface area contributed by atoms with Gasteiger partial charge >= 0.3 is 0 Å². The number of nitrogens with one attached hydrogen (secondary N) is 1. The first-order valence-corrected chi connectivity index (χ1v) is 6.34. The molecule has 0 spiro atoms. The predicted molar refractivity (Wildman–Crippen MR) is 75.2 cm³/mol. The van der Waals surface area contributed by atoms with Gasteiger partial charge in [-0.15, -0.1) is 12.4 Å². The molecule has 0 saturated carbocycles. The van der Waals surface area contributed by atoms with Crippen LogP contribution < -0.4 is 5.32 Å². The maximum atomic E-state index is 5.44. The Bertz CT molecular complexity index is 323. The number of hydrogen-bond donors (Lipinski definition) is 1. The van der Waals surface area contributed by atoms with E-state index in [1.165, 1.54) is 5.56 Å². The minimum absolute atomic E-state index is 0. The fourth-order valence-electron chi connectivity index (χ4n) is 2.24. The molecule has 0 bridgehead atoms. The van der Waals surface area contributed by atoms with E-state index in [1.54, 1.807) is 0 Å². The standard InChI is InChI=1S/C13H21N3O.ClH/c1-2-17-9-8-16-7-6-15-11-13(16)12-4-3-5-14-10-12;/h3-5,10,13,15H,2,6-9,11H2,1H3;1H. The topological polar surface area (TPSA) is 37.4 Å². The highest BCUT2D eigenvalue weighted by Gasteiger charge is 2.23. The van der Waals surface area contributed by atoms with Gasteiger partial charge in [0.15, 0.2) is 0 Å². The SMILES string of the molecule is CCOCCN1CCNCC1c1cccnc1.Cl. The molecule has 0 aromatic carbocycles. The molecule has 0 amide bonds. The number of rotatable bonds is 5. The molecule has 2 rings (SSSR count). The van der Waals surface area contributed by atoms with Gasteiger partial charge in [-0.2, -0.15) is 0 Å². The Kier molecular flexibility index (Phi) is 7.20. The van der Waals surface area contributed by atoms with E-state index in [1.807, 2.05) is 25.4 Å². The van der Waals surface area contributed by atoms with Gasteiger partial charge in [0.2, 0.25) is 0 Å². The summed E-state index contributed by atoms with van der Waals surface area (Å²) in [5.74, 6) is 0. The quantitative estimate of drug-likeness (QED) is 0.824. The van der Waals surface area contributed by atoms with Crippen LogP contribution in [-0.2, 0) is 4.74 Å². The first-order chi connectivity index (χ1) is 8.42. The van der Waals surface area contributed by atoms with Gasteiger partial charge in [0.25, 0.3) is 0 Å². The van der Waals surface area contributed by atoms with Gasteiger partial charge in [0.05, 0.1) is 6.61 Å². The highest BCUT2D eigenvalue weighted by Crippen LogP contribution is 2.20. The van der Waals surface area contributed by atoms with Crippen LogP contribution in [-0.4, -0.2) is 49.3 Å². The fourth-order valence-corrected chi connectivity index (χ4v) is 2.24. The van der Waals surface area contributed by atoms with Crippen molar-refractivity contribution >= 4 is 12.4 Å². The lowest BCUT2D eigenvalue weighted by Crippen LogP contribution is -2.47. The van der Waals surface area contributed by atoms with E-state index >= 15 is 0 Å². The molecule has 18 heavy (non-hydrogen) atoms. The van der Waals surface area contributed by atoms with Crippen molar-refractivity contribution in [3.63, 3.8) is 0 Å². The summed E-state index contributed by atoms with van der Waals surface area (Å²) in [5.41, 5.74) is 1.29. The predicted octanol–water partition coefficient (Wildman–Crippen LogP) is 1.49. The van der Waals surface area contributed by atoms with E-state index in [4.69, 9.17) is 4.74 Å². The number of pyridine rings is 1. The number of ether oxygens (including phenoxy) is 1. The molecule has 1 unspecified atom stereocenters. The Balaban J connectivity index is 0.00000162. The molecule has 102 valence electrons. The van der Waals surface area contributed by atoms with Gasteiger partial charge in [-0.25, -0.2) is 0 Å². The third-order valence-corrected chi connectivity index (χ3v) is 3.15. The highest BCUT2D eigenvalue weighted by molar-refractivity contribution is 5.85. The third-order valence-electron chi connectivity index (χ3n) is 3.15. The summed E-state index contributed by atoms with van der Waals surface area (Å²) in [5, 5.41) is 3.44. The molecule has 2 heterocycles. The van der Waals surface area contributed by atoms with Crippen molar-refractivity contribution in [2.45, 2.75) is 13.0 Å². The molecule has 1 aromatic rings. The van der Waals surface area contributed by atoms with Crippen LogP contribution in [0.2, 0.25) is 0 Å². The third kappa shape index (κ3) is 4.21. The number of halogens is 1. The summed E-state index contributed by atoms with van der Waals surface area (Å²) in [7, 11) is 0. The van der Waals surface area contributed by atoms with Crippen LogP contribution in [0.3, 0.4) is 0 Å². The first kappa shape index (κ1) is 15.4. The van der Waals surface area contributed by atoms with Crippen molar-refractivity contribution in [2.24, 2.45) is 0 Å². The van der Waals surface area contributed by atoms with Crippen molar-refractivity contribution < 1.29 is 4.74 Å². The molecule has 1 atom stereocenters. The molecule has 1 aliphatic heterocycles. The average molecular weight is 272 g/mol. The number of piperazine rings is 1. The second-order valence-electron chi connectivity index (χ2n) is 4.24. The zero-order chi connectivity index (χ0) is 11.9. The first-order valence-electron chi connectivity index (χ1n) is 6.34.